The number of hydrogen-bond donors (Lipinski definition) is 0. The predicted octanol–water partition coefficient (Wildman–Crippen LogP) is 3.54. The van der Waals surface area contributed by atoms with Crippen LogP contribution in [-0.2, 0) is 19.8 Å². The highest BCUT2D eigenvalue weighted by Gasteiger charge is 2.26. The van der Waals surface area contributed by atoms with Crippen molar-refractivity contribution in [2.24, 2.45) is 10.2 Å². The molecule has 0 amide bonds. The average Bonchev–Trinajstić information content (AvgIpc) is 2.73. The topological polar surface area (TPSA) is 88.4 Å². The molecular formula is C22H25N3O4S. The highest BCUT2D eigenvalue weighted by atomic mass is 32.2. The molecular weight excluding hydrogens is 402 g/mol. The maximum absolute atomic E-state index is 11.8. The summed E-state index contributed by atoms with van der Waals surface area (Å²) in [4.78, 5) is 13.9. The van der Waals surface area contributed by atoms with Crippen molar-refractivity contribution in [1.82, 2.24) is 4.90 Å². The Labute approximate surface area is 178 Å². The average molecular weight is 428 g/mol. The van der Waals surface area contributed by atoms with Gasteiger partial charge in [0.15, 0.2) is 0 Å². The zero-order valence-corrected chi connectivity index (χ0v) is 17.9. The largest absolute Gasteiger partial charge is 0.459 e. The van der Waals surface area contributed by atoms with Crippen LogP contribution in [-0.4, -0.2) is 49.4 Å². The SMILES string of the molecule is C=C(C)C(=O)OC1CCN(C2=CC(=S(=O)=O)C(N=Nc3ccc(C)cc3)C=C2)CC1. The van der Waals surface area contributed by atoms with Crippen molar-refractivity contribution in [3.63, 3.8) is 0 Å². The van der Waals surface area contributed by atoms with Crippen LogP contribution in [0.15, 0.2) is 70.6 Å². The molecule has 30 heavy (non-hydrogen) atoms. The second-order valence-corrected chi connectivity index (χ2v) is 8.37. The van der Waals surface area contributed by atoms with E-state index < -0.39 is 16.3 Å². The molecule has 1 aromatic rings. The summed E-state index contributed by atoms with van der Waals surface area (Å²) in [7, 11) is -2.41. The first-order valence-electron chi connectivity index (χ1n) is 9.78. The van der Waals surface area contributed by atoms with E-state index in [4.69, 9.17) is 4.74 Å². The van der Waals surface area contributed by atoms with Gasteiger partial charge in [-0.2, -0.15) is 18.6 Å². The van der Waals surface area contributed by atoms with Crippen molar-refractivity contribution in [3.8, 4) is 0 Å². The first kappa shape index (κ1) is 21.7. The van der Waals surface area contributed by atoms with Gasteiger partial charge in [0.25, 0.3) is 0 Å². The van der Waals surface area contributed by atoms with Gasteiger partial charge in [-0.1, -0.05) is 30.4 Å². The van der Waals surface area contributed by atoms with Crippen molar-refractivity contribution in [3.05, 3.63) is 65.9 Å². The number of hydrogen-bond acceptors (Lipinski definition) is 7. The maximum atomic E-state index is 11.8. The summed E-state index contributed by atoms with van der Waals surface area (Å²) in [5.41, 5.74) is 2.98. The third-order valence-electron chi connectivity index (χ3n) is 4.98. The van der Waals surface area contributed by atoms with Crippen LogP contribution < -0.4 is 0 Å². The van der Waals surface area contributed by atoms with Crippen LogP contribution in [0.3, 0.4) is 0 Å². The van der Waals surface area contributed by atoms with E-state index in [1.54, 1.807) is 19.1 Å². The van der Waals surface area contributed by atoms with Gasteiger partial charge in [-0.15, -0.1) is 0 Å². The van der Waals surface area contributed by atoms with E-state index in [0.717, 1.165) is 11.3 Å². The van der Waals surface area contributed by atoms with Crippen LogP contribution >= 0.6 is 0 Å². The van der Waals surface area contributed by atoms with E-state index >= 15 is 0 Å². The smallest absolute Gasteiger partial charge is 0.333 e. The number of ether oxygens (including phenoxy) is 1. The van der Waals surface area contributed by atoms with Gasteiger partial charge in [-0.3, -0.25) is 0 Å². The van der Waals surface area contributed by atoms with Crippen molar-refractivity contribution in [2.45, 2.75) is 38.8 Å². The van der Waals surface area contributed by atoms with Gasteiger partial charge in [0.1, 0.15) is 17.0 Å². The molecule has 1 aliphatic heterocycles. The first-order valence-corrected chi connectivity index (χ1v) is 10.9. The Morgan fingerprint density at radius 3 is 2.47 bits per heavy atom. The molecule has 3 rings (SSSR count). The molecule has 1 saturated heterocycles. The van der Waals surface area contributed by atoms with Gasteiger partial charge in [0.2, 0.25) is 10.3 Å². The highest BCUT2D eigenvalue weighted by Crippen LogP contribution is 2.23. The summed E-state index contributed by atoms with van der Waals surface area (Å²) >= 11 is 0. The molecule has 1 unspecified atom stereocenters. The van der Waals surface area contributed by atoms with E-state index in [-0.39, 0.29) is 16.9 Å². The Balaban J connectivity index is 1.66. The number of carbonyl (C=O) groups excluding carboxylic acids is 1. The van der Waals surface area contributed by atoms with Gasteiger partial charge in [0.05, 0.1) is 5.69 Å². The van der Waals surface area contributed by atoms with Crippen LogP contribution in [0.5, 0.6) is 0 Å². The maximum Gasteiger partial charge on any atom is 0.333 e. The number of rotatable bonds is 5. The zero-order valence-electron chi connectivity index (χ0n) is 17.1. The monoisotopic (exact) mass is 427 g/mol. The summed E-state index contributed by atoms with van der Waals surface area (Å²) in [6.45, 7) is 8.54. The molecule has 1 aromatic carbocycles. The number of benzene rings is 1. The molecule has 8 heteroatoms. The van der Waals surface area contributed by atoms with Crippen molar-refractivity contribution >= 4 is 26.8 Å². The second kappa shape index (κ2) is 9.67. The summed E-state index contributed by atoms with van der Waals surface area (Å²) < 4.78 is 29.0. The minimum Gasteiger partial charge on any atom is -0.459 e. The van der Waals surface area contributed by atoms with Gasteiger partial charge in [-0.25, -0.2) is 4.79 Å². The van der Waals surface area contributed by atoms with Crippen molar-refractivity contribution in [2.75, 3.05) is 13.1 Å². The number of piperidine rings is 1. The fourth-order valence-corrected chi connectivity index (χ4v) is 3.77. The fourth-order valence-electron chi connectivity index (χ4n) is 3.23. The van der Waals surface area contributed by atoms with Crippen LogP contribution in [0, 0.1) is 6.92 Å². The number of allylic oxidation sites excluding steroid dienone is 1. The Morgan fingerprint density at radius 1 is 1.20 bits per heavy atom. The van der Waals surface area contributed by atoms with E-state index in [9.17, 15) is 13.2 Å². The number of nitrogens with zero attached hydrogens (tertiary/aromatic N) is 3. The van der Waals surface area contributed by atoms with Gasteiger partial charge in [-0.05, 0) is 38.1 Å². The molecule has 0 radical (unpaired) electrons. The normalized spacial score (nSPS) is 19.7. The number of esters is 1. The molecule has 1 atom stereocenters. The Morgan fingerprint density at radius 2 is 1.87 bits per heavy atom. The van der Waals surface area contributed by atoms with Crippen molar-refractivity contribution < 1.29 is 17.9 Å². The number of aryl methyl sites for hydroxylation is 1. The molecule has 0 spiro atoms. The third-order valence-corrected chi connectivity index (χ3v) is 5.73. The molecule has 0 N–H and O–H groups in total. The molecule has 0 saturated carbocycles. The van der Waals surface area contributed by atoms with Crippen LogP contribution in [0.25, 0.3) is 0 Å². The Kier molecular flexibility index (Phi) is 6.99. The van der Waals surface area contributed by atoms with E-state index in [1.165, 1.54) is 0 Å². The lowest BCUT2D eigenvalue weighted by molar-refractivity contribution is -0.146. The zero-order chi connectivity index (χ0) is 21.7. The third kappa shape index (κ3) is 5.54. The number of likely N-dealkylation sites (tertiary alicyclic amines) is 1. The van der Waals surface area contributed by atoms with Crippen LogP contribution in [0.4, 0.5) is 5.69 Å². The van der Waals surface area contributed by atoms with E-state index in [2.05, 4.69) is 21.7 Å². The Hall–Kier alpha value is -3.00. The van der Waals surface area contributed by atoms with Crippen LogP contribution in [0.2, 0.25) is 0 Å². The quantitative estimate of drug-likeness (QED) is 0.310. The van der Waals surface area contributed by atoms with E-state index in [0.29, 0.717) is 37.2 Å². The van der Waals surface area contributed by atoms with Gasteiger partial charge >= 0.3 is 5.97 Å². The summed E-state index contributed by atoms with van der Waals surface area (Å²) in [6, 6.07) is 6.88. The summed E-state index contributed by atoms with van der Waals surface area (Å²) in [5.74, 6) is -0.371. The highest BCUT2D eigenvalue weighted by molar-refractivity contribution is 7.73. The standard InChI is InChI=1S/C22H25N3O4S/c1-15(2)22(26)29-19-10-12-25(13-11-19)18-8-9-20(21(14-18)30(27)28)24-23-17-6-4-16(3)5-7-17/h4-9,14,19-20H,1,10-13H2,2-3H3. The molecule has 1 aliphatic carbocycles. The molecule has 1 heterocycles. The summed E-state index contributed by atoms with van der Waals surface area (Å²) in [6.07, 6.45) is 6.46. The van der Waals surface area contributed by atoms with Crippen molar-refractivity contribution in [1.29, 1.82) is 0 Å². The van der Waals surface area contributed by atoms with E-state index in [1.807, 2.05) is 37.3 Å². The minimum absolute atomic E-state index is 0.147. The molecule has 158 valence electrons. The minimum atomic E-state index is -2.41. The second-order valence-electron chi connectivity index (χ2n) is 7.43. The van der Waals surface area contributed by atoms with Gasteiger partial charge < -0.3 is 9.64 Å². The lowest BCUT2D eigenvalue weighted by atomic mass is 10.0. The predicted molar refractivity (Wildman–Crippen MR) is 116 cm³/mol. The number of carbonyl (C=O) groups is 1. The van der Waals surface area contributed by atoms with Crippen LogP contribution in [0.1, 0.15) is 25.3 Å². The molecule has 1 fully saturated rings. The summed E-state index contributed by atoms with van der Waals surface area (Å²) in [5, 5.41) is 8.38. The molecule has 2 aliphatic rings. The molecule has 7 nitrogen and oxygen atoms in total. The first-order chi connectivity index (χ1) is 14.3. The molecule has 0 bridgehead atoms. The fraction of sp³-hybridized carbons (Fsp3) is 0.364. The lowest BCUT2D eigenvalue weighted by Gasteiger charge is -2.34. The number of azo groups is 1. The lowest BCUT2D eigenvalue weighted by Crippen LogP contribution is -2.38. The Bertz CT molecular complexity index is 1040. The molecule has 0 aromatic heterocycles. The van der Waals surface area contributed by atoms with Gasteiger partial charge in [0, 0.05) is 37.2 Å².